The van der Waals surface area contributed by atoms with Gasteiger partial charge in [0.2, 0.25) is 0 Å². The number of aromatic nitrogens is 3. The average molecular weight is 381 g/mol. The Kier molecular flexibility index (Phi) is 5.09. The van der Waals surface area contributed by atoms with E-state index in [4.69, 9.17) is 16.3 Å². The maximum Gasteiger partial charge on any atom is 0.257 e. The molecule has 2 aromatic heterocycles. The number of pyridine rings is 1. The van der Waals surface area contributed by atoms with E-state index in [1.54, 1.807) is 23.5 Å². The molecule has 6 nitrogen and oxygen atoms in total. The van der Waals surface area contributed by atoms with Crippen LogP contribution in [0.15, 0.2) is 61.1 Å². The smallest absolute Gasteiger partial charge is 0.257 e. The number of amides is 1. The van der Waals surface area contributed by atoms with Crippen LogP contribution in [0.1, 0.15) is 22.0 Å². The molecule has 3 heterocycles. The number of benzene rings is 1. The largest absolute Gasteiger partial charge is 0.370 e. The Hall–Kier alpha value is -2.83. The Morgan fingerprint density at radius 3 is 2.56 bits per heavy atom. The van der Waals surface area contributed by atoms with Gasteiger partial charge in [-0.3, -0.25) is 9.78 Å². The van der Waals surface area contributed by atoms with Gasteiger partial charge < -0.3 is 9.64 Å². The van der Waals surface area contributed by atoms with E-state index in [2.05, 4.69) is 15.0 Å². The molecule has 0 bridgehead atoms. The fourth-order valence-electron chi connectivity index (χ4n) is 2.96. The van der Waals surface area contributed by atoms with E-state index < -0.39 is 0 Å². The monoisotopic (exact) mass is 380 g/mol. The SMILES string of the molecule is O=C(c1cnc(-c2ccccn2)nc1)N1CCOC(c2ccc(Cl)cc2)C1. The lowest BCUT2D eigenvalue weighted by Gasteiger charge is -2.33. The van der Waals surface area contributed by atoms with Crippen LogP contribution in [0, 0.1) is 0 Å². The summed E-state index contributed by atoms with van der Waals surface area (Å²) in [5.74, 6) is 0.387. The molecule has 0 spiro atoms. The predicted molar refractivity (Wildman–Crippen MR) is 101 cm³/mol. The van der Waals surface area contributed by atoms with Gasteiger partial charge in [-0.15, -0.1) is 0 Å². The number of morpholine rings is 1. The van der Waals surface area contributed by atoms with Crippen LogP contribution in [-0.4, -0.2) is 45.5 Å². The van der Waals surface area contributed by atoms with Gasteiger partial charge in [0.15, 0.2) is 5.82 Å². The summed E-state index contributed by atoms with van der Waals surface area (Å²) in [5, 5.41) is 0.674. The molecule has 0 radical (unpaired) electrons. The molecule has 0 N–H and O–H groups in total. The molecule has 3 aromatic rings. The quantitative estimate of drug-likeness (QED) is 0.696. The first-order chi connectivity index (χ1) is 13.2. The van der Waals surface area contributed by atoms with E-state index in [0.717, 1.165) is 5.56 Å². The lowest BCUT2D eigenvalue weighted by atomic mass is 10.1. The van der Waals surface area contributed by atoms with Gasteiger partial charge in [-0.2, -0.15) is 0 Å². The molecule has 0 saturated carbocycles. The molecule has 1 aromatic carbocycles. The Bertz CT molecular complexity index is 917. The number of halogens is 1. The van der Waals surface area contributed by atoms with Crippen LogP contribution in [0.25, 0.3) is 11.5 Å². The van der Waals surface area contributed by atoms with E-state index in [0.29, 0.717) is 41.8 Å². The maximum absolute atomic E-state index is 12.8. The third-order valence-electron chi connectivity index (χ3n) is 4.39. The van der Waals surface area contributed by atoms with E-state index in [-0.39, 0.29) is 12.0 Å². The molecular formula is C20H17ClN4O2. The molecular weight excluding hydrogens is 364 g/mol. The summed E-state index contributed by atoms with van der Waals surface area (Å²) < 4.78 is 5.82. The van der Waals surface area contributed by atoms with Gasteiger partial charge in [-0.25, -0.2) is 9.97 Å². The Labute approximate surface area is 161 Å². The second-order valence-electron chi connectivity index (χ2n) is 6.17. The minimum absolute atomic E-state index is 0.107. The van der Waals surface area contributed by atoms with E-state index in [1.807, 2.05) is 42.5 Å². The molecule has 1 amide bonds. The first-order valence-electron chi connectivity index (χ1n) is 8.60. The van der Waals surface area contributed by atoms with Crippen molar-refractivity contribution >= 4 is 17.5 Å². The minimum atomic E-state index is -0.173. The zero-order valence-corrected chi connectivity index (χ0v) is 15.2. The van der Waals surface area contributed by atoms with Crippen molar-refractivity contribution in [2.24, 2.45) is 0 Å². The average Bonchev–Trinajstić information content (AvgIpc) is 2.75. The predicted octanol–water partition coefficient (Wildman–Crippen LogP) is 3.41. The summed E-state index contributed by atoms with van der Waals surface area (Å²) in [6.07, 6.45) is 4.61. The minimum Gasteiger partial charge on any atom is -0.370 e. The summed E-state index contributed by atoms with van der Waals surface area (Å²) in [6, 6.07) is 13.0. The molecule has 136 valence electrons. The first-order valence-corrected chi connectivity index (χ1v) is 8.98. The zero-order chi connectivity index (χ0) is 18.6. The molecule has 1 aliphatic heterocycles. The van der Waals surface area contributed by atoms with Crippen molar-refractivity contribution in [2.75, 3.05) is 19.7 Å². The van der Waals surface area contributed by atoms with Crippen LogP contribution in [-0.2, 0) is 4.74 Å². The Morgan fingerprint density at radius 1 is 1.07 bits per heavy atom. The Balaban J connectivity index is 1.48. The molecule has 27 heavy (non-hydrogen) atoms. The second kappa shape index (κ2) is 7.82. The van der Waals surface area contributed by atoms with Crippen LogP contribution in [0.3, 0.4) is 0 Å². The van der Waals surface area contributed by atoms with E-state index in [1.165, 1.54) is 0 Å². The molecule has 1 aliphatic rings. The Morgan fingerprint density at radius 2 is 1.85 bits per heavy atom. The molecule has 7 heteroatoms. The summed E-state index contributed by atoms with van der Waals surface area (Å²) >= 11 is 5.94. The van der Waals surface area contributed by atoms with E-state index in [9.17, 15) is 4.79 Å². The van der Waals surface area contributed by atoms with Gasteiger partial charge in [0, 0.05) is 30.2 Å². The second-order valence-corrected chi connectivity index (χ2v) is 6.61. The molecule has 0 aliphatic carbocycles. The molecule has 1 fully saturated rings. The van der Waals surface area contributed by atoms with Gasteiger partial charge in [-0.05, 0) is 29.8 Å². The van der Waals surface area contributed by atoms with Crippen molar-refractivity contribution in [2.45, 2.75) is 6.10 Å². The van der Waals surface area contributed by atoms with Crippen molar-refractivity contribution in [1.82, 2.24) is 19.9 Å². The third kappa shape index (κ3) is 3.97. The van der Waals surface area contributed by atoms with Crippen molar-refractivity contribution in [1.29, 1.82) is 0 Å². The molecule has 1 atom stereocenters. The normalized spacial score (nSPS) is 16.9. The van der Waals surface area contributed by atoms with Gasteiger partial charge in [-0.1, -0.05) is 29.8 Å². The van der Waals surface area contributed by atoms with Crippen molar-refractivity contribution in [3.05, 3.63) is 77.2 Å². The van der Waals surface area contributed by atoms with Crippen LogP contribution >= 0.6 is 11.6 Å². The molecule has 4 rings (SSSR count). The summed E-state index contributed by atoms with van der Waals surface area (Å²) in [5.41, 5.74) is 2.12. The topological polar surface area (TPSA) is 68.2 Å². The summed E-state index contributed by atoms with van der Waals surface area (Å²) in [7, 11) is 0. The summed E-state index contributed by atoms with van der Waals surface area (Å²) in [6.45, 7) is 1.49. The first kappa shape index (κ1) is 17.6. The van der Waals surface area contributed by atoms with Crippen molar-refractivity contribution in [3.63, 3.8) is 0 Å². The lowest BCUT2D eigenvalue weighted by Crippen LogP contribution is -2.42. The van der Waals surface area contributed by atoms with Gasteiger partial charge >= 0.3 is 0 Å². The summed E-state index contributed by atoms with van der Waals surface area (Å²) in [4.78, 5) is 27.4. The number of ether oxygens (including phenoxy) is 1. The zero-order valence-electron chi connectivity index (χ0n) is 14.5. The lowest BCUT2D eigenvalue weighted by molar-refractivity contribution is -0.0228. The van der Waals surface area contributed by atoms with E-state index >= 15 is 0 Å². The highest BCUT2D eigenvalue weighted by atomic mass is 35.5. The van der Waals surface area contributed by atoms with Crippen LogP contribution in [0.4, 0.5) is 0 Å². The van der Waals surface area contributed by atoms with Crippen LogP contribution in [0.5, 0.6) is 0 Å². The number of carbonyl (C=O) groups excluding carboxylic acids is 1. The van der Waals surface area contributed by atoms with Crippen LogP contribution < -0.4 is 0 Å². The van der Waals surface area contributed by atoms with Gasteiger partial charge in [0.05, 0.1) is 18.7 Å². The van der Waals surface area contributed by atoms with Gasteiger partial charge in [0.1, 0.15) is 11.8 Å². The standard InChI is InChI=1S/C20H17ClN4O2/c21-16-6-4-14(5-7-16)18-13-25(9-10-27-18)20(26)15-11-23-19(24-12-15)17-3-1-2-8-22-17/h1-8,11-12,18H,9-10,13H2. The molecule has 1 saturated heterocycles. The van der Waals surface area contributed by atoms with Crippen LogP contribution in [0.2, 0.25) is 5.02 Å². The highest BCUT2D eigenvalue weighted by Crippen LogP contribution is 2.24. The number of rotatable bonds is 3. The molecule has 1 unspecified atom stereocenters. The highest BCUT2D eigenvalue weighted by Gasteiger charge is 2.26. The van der Waals surface area contributed by atoms with Gasteiger partial charge in [0.25, 0.3) is 5.91 Å². The van der Waals surface area contributed by atoms with Crippen molar-refractivity contribution < 1.29 is 9.53 Å². The maximum atomic E-state index is 12.8. The number of hydrogen-bond acceptors (Lipinski definition) is 5. The number of hydrogen-bond donors (Lipinski definition) is 0. The van der Waals surface area contributed by atoms with Crippen molar-refractivity contribution in [3.8, 4) is 11.5 Å². The fourth-order valence-corrected chi connectivity index (χ4v) is 3.09. The number of nitrogens with zero attached hydrogens (tertiary/aromatic N) is 4. The highest BCUT2D eigenvalue weighted by molar-refractivity contribution is 6.30. The fraction of sp³-hybridized carbons (Fsp3) is 0.200. The third-order valence-corrected chi connectivity index (χ3v) is 4.64. The number of carbonyl (C=O) groups is 1.